The number of fused-ring (bicyclic) bond motifs is 1. The lowest BCUT2D eigenvalue weighted by Gasteiger charge is -2.23. The van der Waals surface area contributed by atoms with Crippen molar-refractivity contribution in [3.05, 3.63) is 87.6 Å². The van der Waals surface area contributed by atoms with E-state index in [0.29, 0.717) is 35.4 Å². The van der Waals surface area contributed by atoms with Gasteiger partial charge in [-0.3, -0.25) is 14.5 Å². The van der Waals surface area contributed by atoms with Crippen LogP contribution in [0.25, 0.3) is 10.9 Å². The molecule has 4 rings (SSSR count). The summed E-state index contributed by atoms with van der Waals surface area (Å²) in [4.78, 5) is 34.9. The van der Waals surface area contributed by atoms with Gasteiger partial charge in [0.25, 0.3) is 5.56 Å². The summed E-state index contributed by atoms with van der Waals surface area (Å²) in [7, 11) is 1.86. The number of hydrogen-bond acceptors (Lipinski definition) is 5. The zero-order valence-corrected chi connectivity index (χ0v) is 18.2. The highest BCUT2D eigenvalue weighted by Crippen LogP contribution is 2.20. The van der Waals surface area contributed by atoms with Gasteiger partial charge in [0.15, 0.2) is 5.78 Å². The molecule has 1 N–H and O–H groups in total. The maximum atomic E-state index is 13.3. The van der Waals surface area contributed by atoms with E-state index in [1.165, 1.54) is 0 Å². The summed E-state index contributed by atoms with van der Waals surface area (Å²) in [6.07, 6.45) is 1.65. The number of aromatic nitrogens is 3. The zero-order valence-electron chi connectivity index (χ0n) is 18.2. The maximum absolute atomic E-state index is 13.3. The molecule has 1 atom stereocenters. The van der Waals surface area contributed by atoms with Crippen molar-refractivity contribution < 1.29 is 9.21 Å². The third kappa shape index (κ3) is 4.09. The quantitative estimate of drug-likeness (QED) is 0.463. The molecule has 0 spiro atoms. The molecule has 7 heteroatoms. The van der Waals surface area contributed by atoms with E-state index in [4.69, 9.17) is 4.42 Å². The largest absolute Gasteiger partial charge is 0.467 e. The number of para-hydroxylation sites is 1. The number of carbonyl (C=O) groups excluding carboxylic acids is 1. The third-order valence-corrected chi connectivity index (χ3v) is 5.83. The van der Waals surface area contributed by atoms with Crippen LogP contribution < -0.4 is 5.56 Å². The predicted molar refractivity (Wildman–Crippen MR) is 119 cm³/mol. The monoisotopic (exact) mass is 418 g/mol. The Morgan fingerprint density at radius 2 is 2.00 bits per heavy atom. The molecular weight excluding hydrogens is 392 g/mol. The van der Waals surface area contributed by atoms with Gasteiger partial charge < -0.3 is 14.0 Å². The van der Waals surface area contributed by atoms with Gasteiger partial charge in [-0.05, 0) is 58.2 Å². The first-order chi connectivity index (χ1) is 14.8. The first-order valence-electron chi connectivity index (χ1n) is 10.3. The van der Waals surface area contributed by atoms with Crippen LogP contribution in [0.1, 0.15) is 40.3 Å². The second kappa shape index (κ2) is 8.35. The van der Waals surface area contributed by atoms with Gasteiger partial charge >= 0.3 is 0 Å². The molecule has 0 amide bonds. The Bertz CT molecular complexity index is 1280. The minimum atomic E-state index is -0.380. The second-order valence-electron chi connectivity index (χ2n) is 7.94. The lowest BCUT2D eigenvalue weighted by molar-refractivity contribution is 0.0859. The van der Waals surface area contributed by atoms with Gasteiger partial charge in [-0.1, -0.05) is 12.1 Å². The molecule has 0 bridgehead atoms. The van der Waals surface area contributed by atoms with E-state index in [2.05, 4.69) is 14.5 Å². The van der Waals surface area contributed by atoms with E-state index in [1.807, 2.05) is 69.1 Å². The molecule has 31 heavy (non-hydrogen) atoms. The number of aromatic amines is 1. The number of benzene rings is 1. The Balaban J connectivity index is 1.53. The van der Waals surface area contributed by atoms with Crippen LogP contribution in [0.5, 0.6) is 0 Å². The van der Waals surface area contributed by atoms with Crippen LogP contribution >= 0.6 is 0 Å². The smallest absolute Gasteiger partial charge is 0.258 e. The average molecular weight is 418 g/mol. The number of carbonyl (C=O) groups is 1. The fourth-order valence-corrected chi connectivity index (χ4v) is 3.86. The number of H-pyrrole nitrogens is 1. The maximum Gasteiger partial charge on any atom is 0.258 e. The Morgan fingerprint density at radius 1 is 1.23 bits per heavy atom. The van der Waals surface area contributed by atoms with E-state index < -0.39 is 0 Å². The highest BCUT2D eigenvalue weighted by Gasteiger charge is 2.24. The molecule has 0 aliphatic heterocycles. The summed E-state index contributed by atoms with van der Waals surface area (Å²) in [5.41, 5.74) is 3.09. The van der Waals surface area contributed by atoms with E-state index >= 15 is 0 Å². The van der Waals surface area contributed by atoms with Crippen LogP contribution in [0.4, 0.5) is 0 Å². The summed E-state index contributed by atoms with van der Waals surface area (Å²) in [6, 6.07) is 12.6. The summed E-state index contributed by atoms with van der Waals surface area (Å²) >= 11 is 0. The molecule has 0 saturated heterocycles. The number of nitrogens with zero attached hydrogens (tertiary/aromatic N) is 3. The summed E-state index contributed by atoms with van der Waals surface area (Å²) in [6.45, 7) is 6.77. The Morgan fingerprint density at radius 3 is 2.74 bits per heavy atom. The molecule has 3 heterocycles. The summed E-state index contributed by atoms with van der Waals surface area (Å²) in [5.74, 6) is 1.41. The van der Waals surface area contributed by atoms with Crippen molar-refractivity contribution in [1.29, 1.82) is 0 Å². The molecule has 7 nitrogen and oxygen atoms in total. The molecule has 160 valence electrons. The van der Waals surface area contributed by atoms with Crippen molar-refractivity contribution in [2.24, 2.45) is 0 Å². The van der Waals surface area contributed by atoms with Crippen molar-refractivity contribution >= 4 is 16.7 Å². The van der Waals surface area contributed by atoms with Crippen molar-refractivity contribution in [1.82, 2.24) is 19.4 Å². The van der Waals surface area contributed by atoms with Crippen LogP contribution in [0.2, 0.25) is 0 Å². The lowest BCUT2D eigenvalue weighted by atomic mass is 10.0. The number of hydrogen-bond donors (Lipinski definition) is 1. The van der Waals surface area contributed by atoms with E-state index in [-0.39, 0.29) is 17.4 Å². The first kappa shape index (κ1) is 20.8. The van der Waals surface area contributed by atoms with E-state index in [9.17, 15) is 9.59 Å². The van der Waals surface area contributed by atoms with Crippen LogP contribution in [0.3, 0.4) is 0 Å². The topological polar surface area (TPSA) is 84.1 Å². The molecule has 1 aromatic carbocycles. The number of nitrogens with one attached hydrogen (secondary N) is 1. The van der Waals surface area contributed by atoms with E-state index in [1.54, 1.807) is 12.3 Å². The van der Waals surface area contributed by atoms with Crippen molar-refractivity contribution in [3.8, 4) is 0 Å². The number of ketones is 1. The van der Waals surface area contributed by atoms with Gasteiger partial charge in [0.05, 0.1) is 36.3 Å². The Kier molecular flexibility index (Phi) is 5.61. The fourth-order valence-electron chi connectivity index (χ4n) is 3.86. The number of aryl methyl sites for hydroxylation is 1. The Hall–Kier alpha value is -3.45. The normalized spacial score (nSPS) is 12.5. The number of furan rings is 1. The van der Waals surface area contributed by atoms with E-state index in [0.717, 1.165) is 17.1 Å². The van der Waals surface area contributed by atoms with Gasteiger partial charge in [0.1, 0.15) is 11.6 Å². The molecule has 0 aliphatic rings. The van der Waals surface area contributed by atoms with Gasteiger partial charge in [-0.25, -0.2) is 4.98 Å². The van der Waals surface area contributed by atoms with Gasteiger partial charge in [0, 0.05) is 17.0 Å². The van der Waals surface area contributed by atoms with Gasteiger partial charge in [-0.2, -0.15) is 0 Å². The standard InChI is InChI=1S/C24H26N4O3/c1-15-12-20(16(2)28(15)13-18-8-7-11-31-18)23(29)17(3)27(4)14-22-25-21-10-6-5-9-19(21)24(30)26-22/h5-12,17H,13-14H2,1-4H3,(H,25,26,30). The van der Waals surface area contributed by atoms with Crippen molar-refractivity contribution in [2.45, 2.75) is 39.9 Å². The van der Waals surface area contributed by atoms with Crippen LogP contribution in [-0.2, 0) is 13.1 Å². The van der Waals surface area contributed by atoms with Gasteiger partial charge in [0.2, 0.25) is 0 Å². The third-order valence-electron chi connectivity index (χ3n) is 5.83. The van der Waals surface area contributed by atoms with Crippen molar-refractivity contribution in [3.63, 3.8) is 0 Å². The van der Waals surface area contributed by atoms with Crippen LogP contribution in [0, 0.1) is 13.8 Å². The zero-order chi connectivity index (χ0) is 22.1. The fraction of sp³-hybridized carbons (Fsp3) is 0.292. The minimum Gasteiger partial charge on any atom is -0.467 e. The molecule has 0 aliphatic carbocycles. The highest BCUT2D eigenvalue weighted by atomic mass is 16.3. The molecule has 1 unspecified atom stereocenters. The predicted octanol–water partition coefficient (Wildman–Crippen LogP) is 3.69. The SMILES string of the molecule is Cc1cc(C(=O)C(C)N(C)Cc2nc3ccccc3c(=O)[nH]2)c(C)n1Cc1ccco1. The second-order valence-corrected chi connectivity index (χ2v) is 7.94. The van der Waals surface area contributed by atoms with Crippen LogP contribution in [-0.4, -0.2) is 38.3 Å². The average Bonchev–Trinajstić information content (AvgIpc) is 3.36. The molecule has 0 radical (unpaired) electrons. The summed E-state index contributed by atoms with van der Waals surface area (Å²) in [5, 5.41) is 0.557. The Labute approximate surface area is 180 Å². The number of rotatable bonds is 7. The van der Waals surface area contributed by atoms with Gasteiger partial charge in [-0.15, -0.1) is 0 Å². The number of likely N-dealkylation sites (N-methyl/N-ethyl adjacent to an activating group) is 1. The van der Waals surface area contributed by atoms with Crippen molar-refractivity contribution in [2.75, 3.05) is 7.05 Å². The molecule has 0 fully saturated rings. The molecular formula is C24H26N4O3. The first-order valence-corrected chi connectivity index (χ1v) is 10.3. The lowest BCUT2D eigenvalue weighted by Crippen LogP contribution is -2.36. The molecule has 4 aromatic rings. The molecule has 0 saturated carbocycles. The highest BCUT2D eigenvalue weighted by molar-refractivity contribution is 6.01. The summed E-state index contributed by atoms with van der Waals surface area (Å²) < 4.78 is 7.54. The number of Topliss-reactive ketones (excluding diaryl/α,β-unsaturated/α-hetero) is 1. The van der Waals surface area contributed by atoms with Crippen LogP contribution in [0.15, 0.2) is 57.9 Å². The minimum absolute atomic E-state index is 0.0319. The molecule has 3 aromatic heterocycles.